The average molecular weight is 292 g/mol. The molecule has 0 aliphatic carbocycles. The summed E-state index contributed by atoms with van der Waals surface area (Å²) in [5.41, 5.74) is 0.867. The summed E-state index contributed by atoms with van der Waals surface area (Å²) in [6.07, 6.45) is 1.56. The van der Waals surface area contributed by atoms with Gasteiger partial charge < -0.3 is 9.40 Å². The highest BCUT2D eigenvalue weighted by Crippen LogP contribution is 2.32. The molecule has 1 N–H and O–H groups in total. The monoisotopic (exact) mass is 292 g/mol. The summed E-state index contributed by atoms with van der Waals surface area (Å²) in [5.74, 6) is 0.618. The molecule has 0 radical (unpaired) electrons. The number of hydrogen-bond donors (Lipinski definition) is 1. The first-order chi connectivity index (χ1) is 9.34. The average Bonchev–Trinajstić information content (AvgIpc) is 2.92. The second kappa shape index (κ2) is 4.28. The van der Waals surface area contributed by atoms with Crippen LogP contribution in [0.4, 0.5) is 4.39 Å². The molecule has 4 nitrogen and oxygen atoms in total. The van der Waals surface area contributed by atoms with Gasteiger partial charge in [-0.15, -0.1) is 0 Å². The first kappa shape index (κ1) is 13.1. The maximum atomic E-state index is 13.7. The van der Waals surface area contributed by atoms with Gasteiger partial charge in [0.15, 0.2) is 11.7 Å². The van der Waals surface area contributed by atoms with E-state index in [-0.39, 0.29) is 10.3 Å². The summed E-state index contributed by atoms with van der Waals surface area (Å²) in [6.45, 7) is 5.95. The number of aromatic nitrogens is 2. The summed E-state index contributed by atoms with van der Waals surface area (Å²) in [6, 6.07) is 2.68. The number of aromatic amines is 1. The van der Waals surface area contributed by atoms with Crippen molar-refractivity contribution in [1.82, 2.24) is 9.97 Å². The molecule has 0 atom stereocenters. The van der Waals surface area contributed by atoms with E-state index in [1.54, 1.807) is 6.20 Å². The zero-order valence-corrected chi connectivity index (χ0v) is 12.1. The molecule has 3 aromatic rings. The van der Waals surface area contributed by atoms with Gasteiger partial charge in [-0.1, -0.05) is 32.1 Å². The second-order valence-electron chi connectivity index (χ2n) is 5.62. The Kier molecular flexibility index (Phi) is 2.79. The van der Waals surface area contributed by atoms with Crippen molar-refractivity contribution in [2.24, 2.45) is 0 Å². The van der Waals surface area contributed by atoms with Gasteiger partial charge in [0.1, 0.15) is 5.82 Å². The number of oxazole rings is 1. The Bertz CT molecular complexity index is 839. The number of rotatable bonds is 1. The quantitative estimate of drug-likeness (QED) is 0.744. The van der Waals surface area contributed by atoms with Gasteiger partial charge in [-0.25, -0.2) is 9.37 Å². The van der Waals surface area contributed by atoms with Gasteiger partial charge in [-0.05, 0) is 12.1 Å². The minimum atomic E-state index is -0.406. The fourth-order valence-corrected chi connectivity index (χ4v) is 2.75. The lowest BCUT2D eigenvalue weighted by Gasteiger charge is -2.12. The van der Waals surface area contributed by atoms with E-state index in [1.807, 2.05) is 20.8 Å². The van der Waals surface area contributed by atoms with Crippen LogP contribution in [0.15, 0.2) is 27.5 Å². The largest absolute Gasteiger partial charge is 0.440 e. The highest BCUT2D eigenvalue weighted by Gasteiger charge is 2.22. The smallest absolute Gasteiger partial charge is 0.305 e. The van der Waals surface area contributed by atoms with E-state index in [1.165, 1.54) is 12.1 Å². The summed E-state index contributed by atoms with van der Waals surface area (Å²) >= 11 is 0.974. The van der Waals surface area contributed by atoms with Gasteiger partial charge in [-0.2, -0.15) is 0 Å². The second-order valence-corrected chi connectivity index (χ2v) is 6.64. The third-order valence-electron chi connectivity index (χ3n) is 2.91. The first-order valence-electron chi connectivity index (χ1n) is 6.13. The Balaban J connectivity index is 2.23. The van der Waals surface area contributed by atoms with Gasteiger partial charge in [0.05, 0.1) is 16.4 Å². The molecular weight excluding hydrogens is 279 g/mol. The molecule has 0 spiro atoms. The third kappa shape index (κ3) is 2.16. The Morgan fingerprint density at radius 2 is 2.10 bits per heavy atom. The minimum Gasteiger partial charge on any atom is -0.440 e. The number of hydrogen-bond acceptors (Lipinski definition) is 4. The molecule has 6 heteroatoms. The van der Waals surface area contributed by atoms with E-state index in [4.69, 9.17) is 4.42 Å². The topological polar surface area (TPSA) is 58.9 Å². The lowest BCUT2D eigenvalue weighted by Crippen LogP contribution is -2.10. The van der Waals surface area contributed by atoms with Crippen molar-refractivity contribution < 1.29 is 8.81 Å². The van der Waals surface area contributed by atoms with Crippen LogP contribution in [0.3, 0.4) is 0 Å². The van der Waals surface area contributed by atoms with Crippen molar-refractivity contribution in [3.63, 3.8) is 0 Å². The maximum absolute atomic E-state index is 13.7. The first-order valence-corrected chi connectivity index (χ1v) is 6.95. The number of thiazole rings is 1. The molecular formula is C14H13FN2O2S. The molecule has 0 unspecified atom stereocenters. The van der Waals surface area contributed by atoms with Crippen LogP contribution < -0.4 is 4.87 Å². The summed E-state index contributed by atoms with van der Waals surface area (Å²) in [5, 5.41) is 0. The van der Waals surface area contributed by atoms with Gasteiger partial charge in [0.2, 0.25) is 0 Å². The van der Waals surface area contributed by atoms with Crippen LogP contribution in [0.25, 0.3) is 21.5 Å². The van der Waals surface area contributed by atoms with Gasteiger partial charge in [0, 0.05) is 11.0 Å². The number of fused-ring (bicyclic) bond motifs is 1. The fraction of sp³-hybridized carbons (Fsp3) is 0.286. The maximum Gasteiger partial charge on any atom is 0.305 e. The van der Waals surface area contributed by atoms with Crippen molar-refractivity contribution in [3.05, 3.63) is 39.7 Å². The van der Waals surface area contributed by atoms with Gasteiger partial charge in [-0.3, -0.25) is 4.79 Å². The molecule has 104 valence electrons. The Hall–Kier alpha value is -1.95. The molecule has 0 amide bonds. The molecule has 0 aliphatic heterocycles. The highest BCUT2D eigenvalue weighted by atomic mass is 32.1. The number of nitrogens with one attached hydrogen (secondary N) is 1. The SMILES string of the molecule is CC(C)(C)c1ncc(-c2cc(F)cc3sc(=O)[nH]c23)o1. The number of H-pyrrole nitrogens is 1. The predicted molar refractivity (Wildman–Crippen MR) is 76.6 cm³/mol. The Morgan fingerprint density at radius 3 is 2.75 bits per heavy atom. The van der Waals surface area contributed by atoms with E-state index >= 15 is 0 Å². The lowest BCUT2D eigenvalue weighted by atomic mass is 9.97. The minimum absolute atomic E-state index is 0.220. The van der Waals surface area contributed by atoms with Crippen LogP contribution in [-0.2, 0) is 5.41 Å². The van der Waals surface area contributed by atoms with Crippen LogP contribution in [-0.4, -0.2) is 9.97 Å². The molecule has 0 saturated carbocycles. The molecule has 3 rings (SSSR count). The van der Waals surface area contributed by atoms with Crippen molar-refractivity contribution >= 4 is 21.6 Å². The van der Waals surface area contributed by atoms with E-state index in [2.05, 4.69) is 9.97 Å². The Labute approximate surface area is 118 Å². The molecule has 2 aromatic heterocycles. The standard InChI is InChI=1S/C14H13FN2O2S/c1-14(2,3)12-16-6-9(19-12)8-4-7(15)5-10-11(8)17-13(18)20-10/h4-6H,1-3H3,(H,17,18). The van der Waals surface area contributed by atoms with Crippen LogP contribution in [0.1, 0.15) is 26.7 Å². The van der Waals surface area contributed by atoms with Crippen LogP contribution in [0.2, 0.25) is 0 Å². The van der Waals surface area contributed by atoms with Gasteiger partial charge in [0.25, 0.3) is 0 Å². The number of nitrogens with zero attached hydrogens (tertiary/aromatic N) is 1. The third-order valence-corrected chi connectivity index (χ3v) is 3.74. The van der Waals surface area contributed by atoms with E-state index < -0.39 is 5.82 Å². The molecule has 2 heterocycles. The Morgan fingerprint density at radius 1 is 1.35 bits per heavy atom. The zero-order chi connectivity index (χ0) is 14.5. The molecule has 0 aliphatic rings. The number of benzene rings is 1. The van der Waals surface area contributed by atoms with Crippen LogP contribution >= 0.6 is 11.3 Å². The van der Waals surface area contributed by atoms with Crippen molar-refractivity contribution in [2.75, 3.05) is 0 Å². The number of halogens is 1. The predicted octanol–water partition coefficient (Wildman–Crippen LogP) is 3.68. The van der Waals surface area contributed by atoms with Crippen molar-refractivity contribution in [1.29, 1.82) is 0 Å². The fourth-order valence-electron chi connectivity index (χ4n) is 1.96. The summed E-state index contributed by atoms with van der Waals surface area (Å²) < 4.78 is 19.9. The van der Waals surface area contributed by atoms with Crippen LogP contribution in [0.5, 0.6) is 0 Å². The highest BCUT2D eigenvalue weighted by molar-refractivity contribution is 7.16. The normalized spacial score (nSPS) is 12.2. The summed E-state index contributed by atoms with van der Waals surface area (Å²) in [4.78, 5) is 18.2. The van der Waals surface area contributed by atoms with Crippen molar-refractivity contribution in [2.45, 2.75) is 26.2 Å². The van der Waals surface area contributed by atoms with Gasteiger partial charge >= 0.3 is 4.87 Å². The van der Waals surface area contributed by atoms with E-state index in [0.29, 0.717) is 27.4 Å². The van der Waals surface area contributed by atoms with E-state index in [9.17, 15) is 9.18 Å². The van der Waals surface area contributed by atoms with Crippen molar-refractivity contribution in [3.8, 4) is 11.3 Å². The molecule has 1 aromatic carbocycles. The molecule has 0 bridgehead atoms. The summed E-state index contributed by atoms with van der Waals surface area (Å²) in [7, 11) is 0. The molecule has 0 fully saturated rings. The lowest BCUT2D eigenvalue weighted by molar-refractivity contribution is 0.399. The van der Waals surface area contributed by atoms with Crippen LogP contribution in [0, 0.1) is 5.82 Å². The molecule has 20 heavy (non-hydrogen) atoms. The molecule has 0 saturated heterocycles. The van der Waals surface area contributed by atoms with E-state index in [0.717, 1.165) is 11.3 Å². The zero-order valence-electron chi connectivity index (χ0n) is 11.3.